The van der Waals surface area contributed by atoms with Crippen LogP contribution >= 0.6 is 0 Å². The maximum atomic E-state index is 3.49. The number of nitrogens with one attached hydrogen (secondary N) is 1. The summed E-state index contributed by atoms with van der Waals surface area (Å²) in [5, 5.41) is 3.49. The monoisotopic (exact) mass is 289 g/mol. The van der Waals surface area contributed by atoms with Gasteiger partial charge in [-0.15, -0.1) is 0 Å². The van der Waals surface area contributed by atoms with Crippen LogP contribution in [0, 0.1) is 0 Å². The van der Waals surface area contributed by atoms with E-state index in [-0.39, 0.29) is 0 Å². The van der Waals surface area contributed by atoms with Gasteiger partial charge in [0.15, 0.2) is 0 Å². The van der Waals surface area contributed by atoms with E-state index >= 15 is 0 Å². The number of likely N-dealkylation sites (tertiary alicyclic amines) is 1. The highest BCUT2D eigenvalue weighted by Gasteiger charge is 2.21. The third-order valence-corrected chi connectivity index (χ3v) is 4.35. The standard InChI is InChI=1S/C18H31N3/c1-15(2)19-12-16-7-5-8-17(11-16)13-20(3)14-18-9-6-10-21(18)4/h5,7-8,11,15,18-19H,6,9-10,12-14H2,1-4H3. The van der Waals surface area contributed by atoms with E-state index < -0.39 is 0 Å². The number of hydrogen-bond acceptors (Lipinski definition) is 3. The Morgan fingerprint density at radius 3 is 2.76 bits per heavy atom. The van der Waals surface area contributed by atoms with Crippen LogP contribution in [0.3, 0.4) is 0 Å². The van der Waals surface area contributed by atoms with Crippen molar-refractivity contribution in [3.05, 3.63) is 35.4 Å². The molecule has 21 heavy (non-hydrogen) atoms. The molecule has 1 atom stereocenters. The van der Waals surface area contributed by atoms with Crippen LogP contribution < -0.4 is 5.32 Å². The molecule has 3 nitrogen and oxygen atoms in total. The van der Waals surface area contributed by atoms with E-state index in [0.717, 1.165) is 19.1 Å². The average Bonchev–Trinajstić information content (AvgIpc) is 2.82. The van der Waals surface area contributed by atoms with Gasteiger partial charge in [0.2, 0.25) is 0 Å². The second-order valence-electron chi connectivity index (χ2n) is 6.83. The van der Waals surface area contributed by atoms with Crippen molar-refractivity contribution in [2.45, 2.75) is 51.9 Å². The largest absolute Gasteiger partial charge is 0.310 e. The van der Waals surface area contributed by atoms with Crippen molar-refractivity contribution in [1.29, 1.82) is 0 Å². The third kappa shape index (κ3) is 5.42. The molecule has 2 rings (SSSR count). The normalized spacial score (nSPS) is 19.8. The molecule has 0 aliphatic carbocycles. The maximum Gasteiger partial charge on any atom is 0.0231 e. The first-order valence-electron chi connectivity index (χ1n) is 8.24. The van der Waals surface area contributed by atoms with E-state index in [1.54, 1.807) is 0 Å². The van der Waals surface area contributed by atoms with E-state index in [0.29, 0.717) is 6.04 Å². The molecule has 0 amide bonds. The molecule has 1 unspecified atom stereocenters. The fraction of sp³-hybridized carbons (Fsp3) is 0.667. The van der Waals surface area contributed by atoms with Crippen molar-refractivity contribution in [3.8, 4) is 0 Å². The van der Waals surface area contributed by atoms with E-state index in [9.17, 15) is 0 Å². The molecular weight excluding hydrogens is 258 g/mol. The Kier molecular flexibility index (Phi) is 6.22. The lowest BCUT2D eigenvalue weighted by atomic mass is 10.1. The van der Waals surface area contributed by atoms with Gasteiger partial charge in [-0.25, -0.2) is 0 Å². The Morgan fingerprint density at radius 1 is 1.33 bits per heavy atom. The Morgan fingerprint density at radius 2 is 2.10 bits per heavy atom. The fourth-order valence-electron chi connectivity index (χ4n) is 3.11. The third-order valence-electron chi connectivity index (χ3n) is 4.35. The highest BCUT2D eigenvalue weighted by Crippen LogP contribution is 2.16. The van der Waals surface area contributed by atoms with Crippen molar-refractivity contribution >= 4 is 0 Å². The van der Waals surface area contributed by atoms with Crippen molar-refractivity contribution < 1.29 is 0 Å². The minimum atomic E-state index is 0.536. The Balaban J connectivity index is 1.85. The summed E-state index contributed by atoms with van der Waals surface area (Å²) in [5.41, 5.74) is 2.80. The molecular formula is C18H31N3. The first-order chi connectivity index (χ1) is 10.0. The first kappa shape index (κ1) is 16.5. The molecule has 0 bridgehead atoms. The second-order valence-corrected chi connectivity index (χ2v) is 6.83. The van der Waals surface area contributed by atoms with Gasteiger partial charge in [-0.1, -0.05) is 38.1 Å². The van der Waals surface area contributed by atoms with Gasteiger partial charge in [-0.3, -0.25) is 0 Å². The molecule has 0 aromatic heterocycles. The molecule has 3 heteroatoms. The van der Waals surface area contributed by atoms with Gasteiger partial charge in [0.1, 0.15) is 0 Å². The summed E-state index contributed by atoms with van der Waals surface area (Å²) >= 11 is 0. The first-order valence-corrected chi connectivity index (χ1v) is 8.24. The van der Waals surface area contributed by atoms with E-state index in [1.165, 1.54) is 37.1 Å². The summed E-state index contributed by atoms with van der Waals surface area (Å²) in [6.45, 7) is 8.81. The van der Waals surface area contributed by atoms with Gasteiger partial charge >= 0.3 is 0 Å². The lowest BCUT2D eigenvalue weighted by Gasteiger charge is -2.26. The summed E-state index contributed by atoms with van der Waals surface area (Å²) < 4.78 is 0. The maximum absolute atomic E-state index is 3.49. The zero-order valence-electron chi connectivity index (χ0n) is 14.1. The Labute approximate surface area is 130 Å². The highest BCUT2D eigenvalue weighted by molar-refractivity contribution is 5.23. The summed E-state index contributed by atoms with van der Waals surface area (Å²) in [5.74, 6) is 0. The lowest BCUT2D eigenvalue weighted by Crippen LogP contribution is -2.36. The quantitative estimate of drug-likeness (QED) is 0.832. The van der Waals surface area contributed by atoms with Gasteiger partial charge in [-0.05, 0) is 44.6 Å². The van der Waals surface area contributed by atoms with Crippen LogP contribution in [0.4, 0.5) is 0 Å². The number of likely N-dealkylation sites (N-methyl/N-ethyl adjacent to an activating group) is 2. The molecule has 0 radical (unpaired) electrons. The smallest absolute Gasteiger partial charge is 0.0231 e. The summed E-state index contributed by atoms with van der Waals surface area (Å²) in [6, 6.07) is 10.2. The number of benzene rings is 1. The van der Waals surface area contributed by atoms with Crippen LogP contribution in [-0.2, 0) is 13.1 Å². The highest BCUT2D eigenvalue weighted by atomic mass is 15.2. The van der Waals surface area contributed by atoms with Crippen molar-refractivity contribution in [2.24, 2.45) is 0 Å². The van der Waals surface area contributed by atoms with Crippen LogP contribution in [0.2, 0.25) is 0 Å². The minimum absolute atomic E-state index is 0.536. The molecule has 1 fully saturated rings. The Bertz CT molecular complexity index is 430. The summed E-state index contributed by atoms with van der Waals surface area (Å²) in [7, 11) is 4.49. The summed E-state index contributed by atoms with van der Waals surface area (Å²) in [6.07, 6.45) is 2.70. The van der Waals surface area contributed by atoms with Crippen LogP contribution in [0.1, 0.15) is 37.8 Å². The second kappa shape index (κ2) is 7.92. The average molecular weight is 289 g/mol. The molecule has 1 aliphatic heterocycles. The van der Waals surface area contributed by atoms with Gasteiger partial charge < -0.3 is 15.1 Å². The molecule has 0 saturated carbocycles. The van der Waals surface area contributed by atoms with Crippen LogP contribution in [-0.4, -0.2) is 49.1 Å². The summed E-state index contributed by atoms with van der Waals surface area (Å²) in [4.78, 5) is 4.96. The molecule has 1 aromatic carbocycles. The predicted molar refractivity (Wildman–Crippen MR) is 90.4 cm³/mol. The predicted octanol–water partition coefficient (Wildman–Crippen LogP) is 2.71. The van der Waals surface area contributed by atoms with Crippen molar-refractivity contribution in [1.82, 2.24) is 15.1 Å². The van der Waals surface area contributed by atoms with E-state index in [1.807, 2.05) is 0 Å². The zero-order chi connectivity index (χ0) is 15.2. The number of hydrogen-bond donors (Lipinski definition) is 1. The lowest BCUT2D eigenvalue weighted by molar-refractivity contribution is 0.215. The molecule has 1 heterocycles. The topological polar surface area (TPSA) is 18.5 Å². The minimum Gasteiger partial charge on any atom is -0.310 e. The van der Waals surface area contributed by atoms with Gasteiger partial charge in [-0.2, -0.15) is 0 Å². The van der Waals surface area contributed by atoms with Crippen LogP contribution in [0.25, 0.3) is 0 Å². The molecule has 1 aliphatic rings. The fourth-order valence-corrected chi connectivity index (χ4v) is 3.11. The SMILES string of the molecule is CC(C)NCc1cccc(CN(C)CC2CCCN2C)c1. The van der Waals surface area contributed by atoms with Crippen molar-refractivity contribution in [3.63, 3.8) is 0 Å². The van der Waals surface area contributed by atoms with Crippen LogP contribution in [0.5, 0.6) is 0 Å². The van der Waals surface area contributed by atoms with Gasteiger partial charge in [0.05, 0.1) is 0 Å². The molecule has 118 valence electrons. The number of nitrogens with zero attached hydrogens (tertiary/aromatic N) is 2. The molecule has 1 aromatic rings. The molecule has 1 N–H and O–H groups in total. The van der Waals surface area contributed by atoms with E-state index in [2.05, 4.69) is 67.3 Å². The zero-order valence-corrected chi connectivity index (χ0v) is 14.1. The van der Waals surface area contributed by atoms with Crippen LogP contribution in [0.15, 0.2) is 24.3 Å². The van der Waals surface area contributed by atoms with Gasteiger partial charge in [0, 0.05) is 31.7 Å². The number of rotatable bonds is 7. The molecule has 0 spiro atoms. The van der Waals surface area contributed by atoms with Crippen molar-refractivity contribution in [2.75, 3.05) is 27.2 Å². The van der Waals surface area contributed by atoms with Gasteiger partial charge in [0.25, 0.3) is 0 Å². The Hall–Kier alpha value is -0.900. The van der Waals surface area contributed by atoms with E-state index in [4.69, 9.17) is 0 Å². The molecule has 1 saturated heterocycles.